The first-order valence-electron chi connectivity index (χ1n) is 17.9. The van der Waals surface area contributed by atoms with Gasteiger partial charge in [-0.1, -0.05) is 71.1 Å². The third kappa shape index (κ3) is 12.1. The molecule has 0 heterocycles. The second kappa shape index (κ2) is 19.6. The zero-order valence-corrected chi connectivity index (χ0v) is 27.6. The Hall–Kier alpha value is -2.86. The van der Waals surface area contributed by atoms with Gasteiger partial charge < -0.3 is 19.3 Å². The smallest absolute Gasteiger partial charge is 0.343 e. The molecule has 1 N–H and O–H groups in total. The number of aliphatic hydroxyl groups excluding tert-OH is 1. The van der Waals surface area contributed by atoms with Crippen LogP contribution in [0.3, 0.4) is 0 Å². The van der Waals surface area contributed by atoms with Crippen LogP contribution >= 0.6 is 0 Å². The SMILES string of the molecule is CCCCCC1CCC(C2CCC(C(=O)Oc3ccc(OC(=O)c4ccc(OCCCCCCCCO)cc4)cc3)CC2)CC1. The minimum absolute atomic E-state index is 0.0292. The summed E-state index contributed by atoms with van der Waals surface area (Å²) < 4.78 is 17.0. The van der Waals surface area contributed by atoms with E-state index in [1.165, 1.54) is 51.4 Å². The van der Waals surface area contributed by atoms with Crippen LogP contribution in [0, 0.1) is 23.7 Å². The van der Waals surface area contributed by atoms with Crippen molar-refractivity contribution in [3.05, 3.63) is 54.1 Å². The van der Waals surface area contributed by atoms with Crippen molar-refractivity contribution in [2.75, 3.05) is 13.2 Å². The molecule has 6 heteroatoms. The molecule has 248 valence electrons. The lowest BCUT2D eigenvalue weighted by molar-refractivity contribution is -0.140. The summed E-state index contributed by atoms with van der Waals surface area (Å²) >= 11 is 0. The van der Waals surface area contributed by atoms with E-state index in [0.29, 0.717) is 23.7 Å². The van der Waals surface area contributed by atoms with Crippen LogP contribution in [0.4, 0.5) is 0 Å². The molecule has 0 radical (unpaired) electrons. The van der Waals surface area contributed by atoms with Gasteiger partial charge in [-0.15, -0.1) is 0 Å². The number of hydrogen-bond donors (Lipinski definition) is 1. The summed E-state index contributed by atoms with van der Waals surface area (Å²) in [5, 5.41) is 8.83. The van der Waals surface area contributed by atoms with Crippen LogP contribution in [0.2, 0.25) is 0 Å². The van der Waals surface area contributed by atoms with Crippen molar-refractivity contribution in [3.63, 3.8) is 0 Å². The highest BCUT2D eigenvalue weighted by Crippen LogP contribution is 2.42. The number of benzene rings is 2. The van der Waals surface area contributed by atoms with Gasteiger partial charge in [0.15, 0.2) is 0 Å². The highest BCUT2D eigenvalue weighted by atomic mass is 16.5. The fraction of sp³-hybridized carbons (Fsp3) is 0.641. The lowest BCUT2D eigenvalue weighted by Gasteiger charge is -2.37. The van der Waals surface area contributed by atoms with E-state index in [9.17, 15) is 9.59 Å². The van der Waals surface area contributed by atoms with E-state index in [0.717, 1.165) is 87.7 Å². The Bertz CT molecular complexity index is 1110. The van der Waals surface area contributed by atoms with Crippen LogP contribution in [0.1, 0.15) is 133 Å². The number of rotatable bonds is 18. The van der Waals surface area contributed by atoms with E-state index in [-0.39, 0.29) is 18.5 Å². The summed E-state index contributed by atoms with van der Waals surface area (Å²) in [7, 11) is 0. The Balaban J connectivity index is 1.11. The van der Waals surface area contributed by atoms with Crippen LogP contribution < -0.4 is 14.2 Å². The van der Waals surface area contributed by atoms with Crippen LogP contribution in [0.15, 0.2) is 48.5 Å². The Morgan fingerprint density at radius 1 is 0.644 bits per heavy atom. The Morgan fingerprint density at radius 2 is 1.20 bits per heavy atom. The van der Waals surface area contributed by atoms with Crippen molar-refractivity contribution in [3.8, 4) is 17.2 Å². The molecule has 0 unspecified atom stereocenters. The van der Waals surface area contributed by atoms with E-state index in [1.54, 1.807) is 48.5 Å². The Morgan fingerprint density at radius 3 is 1.82 bits per heavy atom. The number of aliphatic hydroxyl groups is 1. The maximum Gasteiger partial charge on any atom is 0.343 e. The van der Waals surface area contributed by atoms with Crippen molar-refractivity contribution < 1.29 is 28.9 Å². The monoisotopic (exact) mass is 620 g/mol. The second-order valence-electron chi connectivity index (χ2n) is 13.4. The molecule has 0 saturated heterocycles. The molecule has 2 aromatic rings. The number of carbonyl (C=O) groups is 2. The fourth-order valence-electron chi connectivity index (χ4n) is 7.20. The van der Waals surface area contributed by atoms with Gasteiger partial charge in [0.05, 0.1) is 18.1 Å². The summed E-state index contributed by atoms with van der Waals surface area (Å²) in [6.45, 7) is 3.20. The molecule has 45 heavy (non-hydrogen) atoms. The minimum Gasteiger partial charge on any atom is -0.494 e. The van der Waals surface area contributed by atoms with Crippen molar-refractivity contribution in [2.45, 2.75) is 122 Å². The van der Waals surface area contributed by atoms with E-state index in [1.807, 2.05) is 0 Å². The zero-order valence-electron chi connectivity index (χ0n) is 27.6. The van der Waals surface area contributed by atoms with Gasteiger partial charge in [0.1, 0.15) is 17.2 Å². The summed E-state index contributed by atoms with van der Waals surface area (Å²) in [6, 6.07) is 13.7. The average Bonchev–Trinajstić information content (AvgIpc) is 3.07. The molecule has 2 aliphatic rings. The summed E-state index contributed by atoms with van der Waals surface area (Å²) in [6.07, 6.45) is 21.5. The average molecular weight is 621 g/mol. The zero-order chi connectivity index (χ0) is 31.7. The van der Waals surface area contributed by atoms with Crippen molar-refractivity contribution in [1.29, 1.82) is 0 Å². The summed E-state index contributed by atoms with van der Waals surface area (Å²) in [4.78, 5) is 25.6. The molecule has 6 nitrogen and oxygen atoms in total. The molecule has 2 fully saturated rings. The highest BCUT2D eigenvalue weighted by molar-refractivity contribution is 5.91. The number of esters is 2. The van der Waals surface area contributed by atoms with Gasteiger partial charge in [-0.2, -0.15) is 0 Å². The predicted octanol–water partition coefficient (Wildman–Crippen LogP) is 9.72. The second-order valence-corrected chi connectivity index (χ2v) is 13.4. The maximum atomic E-state index is 12.9. The molecule has 0 atom stereocenters. The number of carbonyl (C=O) groups excluding carboxylic acids is 2. The molecular weight excluding hydrogens is 564 g/mol. The first-order chi connectivity index (χ1) is 22.1. The van der Waals surface area contributed by atoms with E-state index >= 15 is 0 Å². The molecular formula is C39H56O6. The van der Waals surface area contributed by atoms with Gasteiger partial charge in [0.2, 0.25) is 0 Å². The van der Waals surface area contributed by atoms with Crippen LogP contribution in [0.5, 0.6) is 17.2 Å². The van der Waals surface area contributed by atoms with Crippen LogP contribution in [-0.4, -0.2) is 30.3 Å². The van der Waals surface area contributed by atoms with Crippen LogP contribution in [-0.2, 0) is 4.79 Å². The minimum atomic E-state index is -0.448. The molecule has 4 rings (SSSR count). The van der Waals surface area contributed by atoms with Gasteiger partial charge in [0.25, 0.3) is 0 Å². The van der Waals surface area contributed by atoms with Gasteiger partial charge in [-0.3, -0.25) is 4.79 Å². The first-order valence-corrected chi connectivity index (χ1v) is 17.9. The largest absolute Gasteiger partial charge is 0.494 e. The first kappa shape index (κ1) is 35.0. The van der Waals surface area contributed by atoms with Crippen molar-refractivity contribution >= 4 is 11.9 Å². The van der Waals surface area contributed by atoms with Gasteiger partial charge >= 0.3 is 11.9 Å². The fourth-order valence-corrected chi connectivity index (χ4v) is 7.20. The number of ether oxygens (including phenoxy) is 3. The molecule has 0 spiro atoms. The van der Waals surface area contributed by atoms with E-state index < -0.39 is 5.97 Å². The van der Waals surface area contributed by atoms with Gasteiger partial charge in [0, 0.05) is 6.61 Å². The van der Waals surface area contributed by atoms with E-state index in [4.69, 9.17) is 19.3 Å². The molecule has 0 aliphatic heterocycles. The quantitative estimate of drug-likeness (QED) is 0.101. The normalized spacial score (nSPS) is 21.6. The number of unbranched alkanes of at least 4 members (excludes halogenated alkanes) is 7. The topological polar surface area (TPSA) is 82.1 Å². The Kier molecular flexibility index (Phi) is 15.3. The lowest BCUT2D eigenvalue weighted by atomic mass is 9.68. The van der Waals surface area contributed by atoms with Gasteiger partial charge in [-0.25, -0.2) is 4.79 Å². The third-order valence-electron chi connectivity index (χ3n) is 10.0. The highest BCUT2D eigenvalue weighted by Gasteiger charge is 2.33. The molecule has 0 amide bonds. The lowest BCUT2D eigenvalue weighted by Crippen LogP contribution is -2.30. The molecule has 2 aliphatic carbocycles. The van der Waals surface area contributed by atoms with Gasteiger partial charge in [-0.05, 0) is 118 Å². The number of hydrogen-bond acceptors (Lipinski definition) is 6. The maximum absolute atomic E-state index is 12.9. The van der Waals surface area contributed by atoms with Crippen molar-refractivity contribution in [1.82, 2.24) is 0 Å². The third-order valence-corrected chi connectivity index (χ3v) is 10.0. The molecule has 2 aromatic carbocycles. The van der Waals surface area contributed by atoms with Crippen molar-refractivity contribution in [2.24, 2.45) is 23.7 Å². The summed E-state index contributed by atoms with van der Waals surface area (Å²) in [5.41, 5.74) is 0.442. The van der Waals surface area contributed by atoms with E-state index in [2.05, 4.69) is 6.92 Å². The Labute approximate surface area is 271 Å². The summed E-state index contributed by atoms with van der Waals surface area (Å²) in [5.74, 6) is 3.56. The standard InChI is InChI=1S/C39H56O6/c1-2-3-8-11-30-12-14-31(15-13-30)32-16-18-33(19-17-32)38(41)44-36-24-26-37(27-25-36)45-39(42)34-20-22-35(23-21-34)43-29-10-7-5-4-6-9-28-40/h20-27,30-33,40H,2-19,28-29H2,1H3. The van der Waals surface area contributed by atoms with Crippen LogP contribution in [0.25, 0.3) is 0 Å². The molecule has 0 aromatic heterocycles. The predicted molar refractivity (Wildman–Crippen MR) is 179 cm³/mol. The molecule has 0 bridgehead atoms. The molecule has 2 saturated carbocycles.